The molecule has 0 saturated heterocycles. The molecule has 1 aromatic carbocycles. The Balaban J connectivity index is 2.87. The molecule has 0 aromatic heterocycles. The molecule has 0 saturated carbocycles. The number of ether oxygens (including phenoxy) is 1. The highest BCUT2D eigenvalue weighted by Crippen LogP contribution is 2.28. The van der Waals surface area contributed by atoms with Crippen molar-refractivity contribution in [1.29, 1.82) is 0 Å². The lowest BCUT2D eigenvalue weighted by molar-refractivity contribution is 0.101. The Morgan fingerprint density at radius 2 is 1.94 bits per heavy atom. The predicted octanol–water partition coefficient (Wildman–Crippen LogP) is 4.08. The molecule has 0 spiro atoms. The van der Waals surface area contributed by atoms with Crippen LogP contribution in [0.5, 0.6) is 5.75 Å². The van der Waals surface area contributed by atoms with Crippen molar-refractivity contribution in [2.75, 3.05) is 0 Å². The number of hydrogen-bond donors (Lipinski definition) is 0. The minimum atomic E-state index is 0.0594. The molecule has 0 amide bonds. The number of Topliss-reactive ketones (excluding diaryl/α,β-unsaturated/α-hetero) is 1. The van der Waals surface area contributed by atoms with Crippen molar-refractivity contribution in [3.8, 4) is 5.75 Å². The number of hydrogen-bond acceptors (Lipinski definition) is 2. The summed E-state index contributed by atoms with van der Waals surface area (Å²) < 4.78 is 6.61. The van der Waals surface area contributed by atoms with Gasteiger partial charge in [0.1, 0.15) is 5.75 Å². The van der Waals surface area contributed by atoms with Gasteiger partial charge in [0.05, 0.1) is 10.6 Å². The summed E-state index contributed by atoms with van der Waals surface area (Å²) in [5, 5.41) is 0. The van der Waals surface area contributed by atoms with Crippen LogP contribution in [0, 0.1) is 5.92 Å². The van der Waals surface area contributed by atoms with Crippen LogP contribution in [-0.2, 0) is 0 Å². The molecule has 1 atom stereocenters. The second-order valence-corrected chi connectivity index (χ2v) is 5.12. The minimum absolute atomic E-state index is 0.0594. The standard InChI is InChI=1S/C13H17BrO2/c1-8(2)10(4)16-13-6-5-11(9(3)15)7-12(13)14/h5-8,10H,1-4H3. The summed E-state index contributed by atoms with van der Waals surface area (Å²) in [6.45, 7) is 7.82. The van der Waals surface area contributed by atoms with E-state index in [1.54, 1.807) is 19.1 Å². The van der Waals surface area contributed by atoms with E-state index in [4.69, 9.17) is 4.74 Å². The fourth-order valence-corrected chi connectivity index (χ4v) is 1.62. The van der Waals surface area contributed by atoms with Crippen LogP contribution >= 0.6 is 15.9 Å². The molecule has 1 unspecified atom stereocenters. The molecule has 16 heavy (non-hydrogen) atoms. The van der Waals surface area contributed by atoms with Gasteiger partial charge in [-0.05, 0) is 53.9 Å². The summed E-state index contributed by atoms with van der Waals surface area (Å²) >= 11 is 3.42. The van der Waals surface area contributed by atoms with E-state index in [2.05, 4.69) is 29.8 Å². The fraction of sp³-hybridized carbons (Fsp3) is 0.462. The lowest BCUT2D eigenvalue weighted by atomic mass is 10.1. The van der Waals surface area contributed by atoms with Crippen molar-refractivity contribution in [2.45, 2.75) is 33.8 Å². The number of halogens is 1. The van der Waals surface area contributed by atoms with Crippen molar-refractivity contribution in [2.24, 2.45) is 5.92 Å². The van der Waals surface area contributed by atoms with E-state index in [0.717, 1.165) is 10.2 Å². The predicted molar refractivity (Wildman–Crippen MR) is 69.1 cm³/mol. The monoisotopic (exact) mass is 284 g/mol. The molecule has 0 aliphatic heterocycles. The molecular formula is C13H17BrO2. The molecule has 0 aliphatic carbocycles. The summed E-state index contributed by atoms with van der Waals surface area (Å²) in [6, 6.07) is 5.42. The summed E-state index contributed by atoms with van der Waals surface area (Å²) in [5.41, 5.74) is 0.691. The highest BCUT2D eigenvalue weighted by molar-refractivity contribution is 9.10. The van der Waals surface area contributed by atoms with Gasteiger partial charge in [0.15, 0.2) is 5.78 Å². The number of rotatable bonds is 4. The highest BCUT2D eigenvalue weighted by Gasteiger charge is 2.11. The average molecular weight is 285 g/mol. The zero-order chi connectivity index (χ0) is 12.3. The molecule has 0 aliphatic rings. The van der Waals surface area contributed by atoms with E-state index in [0.29, 0.717) is 11.5 Å². The van der Waals surface area contributed by atoms with Crippen molar-refractivity contribution in [3.05, 3.63) is 28.2 Å². The van der Waals surface area contributed by atoms with Crippen LogP contribution in [0.4, 0.5) is 0 Å². The van der Waals surface area contributed by atoms with E-state index >= 15 is 0 Å². The van der Waals surface area contributed by atoms with Crippen LogP contribution < -0.4 is 4.74 Å². The first kappa shape index (κ1) is 13.2. The number of ketones is 1. The Hall–Kier alpha value is -0.830. The van der Waals surface area contributed by atoms with Gasteiger partial charge in [-0.15, -0.1) is 0 Å². The smallest absolute Gasteiger partial charge is 0.159 e. The Labute approximate surface area is 105 Å². The fourth-order valence-electron chi connectivity index (χ4n) is 1.15. The van der Waals surface area contributed by atoms with Crippen LogP contribution in [0.15, 0.2) is 22.7 Å². The van der Waals surface area contributed by atoms with Gasteiger partial charge < -0.3 is 4.74 Å². The van der Waals surface area contributed by atoms with Crippen molar-refractivity contribution in [3.63, 3.8) is 0 Å². The second-order valence-electron chi connectivity index (χ2n) is 4.27. The van der Waals surface area contributed by atoms with Crippen LogP contribution in [0.3, 0.4) is 0 Å². The Bertz CT molecular complexity index is 386. The lowest BCUT2D eigenvalue weighted by Gasteiger charge is -2.19. The van der Waals surface area contributed by atoms with Gasteiger partial charge >= 0.3 is 0 Å². The van der Waals surface area contributed by atoms with Crippen molar-refractivity contribution >= 4 is 21.7 Å². The molecule has 3 heteroatoms. The topological polar surface area (TPSA) is 26.3 Å². The maximum atomic E-state index is 11.2. The summed E-state index contributed by atoms with van der Waals surface area (Å²) in [4.78, 5) is 11.2. The first-order valence-electron chi connectivity index (χ1n) is 5.39. The summed E-state index contributed by atoms with van der Waals surface area (Å²) in [7, 11) is 0. The molecule has 0 radical (unpaired) electrons. The van der Waals surface area contributed by atoms with Crippen molar-refractivity contribution < 1.29 is 9.53 Å². The normalized spacial score (nSPS) is 12.6. The van der Waals surface area contributed by atoms with Gasteiger partial charge in [-0.1, -0.05) is 13.8 Å². The Morgan fingerprint density at radius 3 is 2.38 bits per heavy atom. The summed E-state index contributed by atoms with van der Waals surface area (Å²) in [6.07, 6.45) is 0.152. The largest absolute Gasteiger partial charge is 0.489 e. The third-order valence-electron chi connectivity index (χ3n) is 2.59. The molecule has 1 aromatic rings. The summed E-state index contributed by atoms with van der Waals surface area (Å²) in [5.74, 6) is 1.30. The number of carbonyl (C=O) groups is 1. The van der Waals surface area contributed by atoms with Crippen LogP contribution in [-0.4, -0.2) is 11.9 Å². The Morgan fingerprint density at radius 1 is 1.31 bits per heavy atom. The average Bonchev–Trinajstić information content (AvgIpc) is 2.20. The van der Waals surface area contributed by atoms with E-state index in [9.17, 15) is 4.79 Å². The highest BCUT2D eigenvalue weighted by atomic mass is 79.9. The first-order chi connectivity index (χ1) is 7.41. The van der Waals surface area contributed by atoms with Gasteiger partial charge in [-0.2, -0.15) is 0 Å². The van der Waals surface area contributed by atoms with Gasteiger partial charge in [-0.25, -0.2) is 0 Å². The lowest BCUT2D eigenvalue weighted by Crippen LogP contribution is -2.18. The Kier molecular flexibility index (Phi) is 4.54. The SMILES string of the molecule is CC(=O)c1ccc(OC(C)C(C)C)c(Br)c1. The van der Waals surface area contributed by atoms with Crippen LogP contribution in [0.1, 0.15) is 38.1 Å². The van der Waals surface area contributed by atoms with Crippen LogP contribution in [0.2, 0.25) is 0 Å². The minimum Gasteiger partial charge on any atom is -0.489 e. The maximum absolute atomic E-state index is 11.2. The van der Waals surface area contributed by atoms with Gasteiger partial charge in [0.25, 0.3) is 0 Å². The van der Waals surface area contributed by atoms with Crippen LogP contribution in [0.25, 0.3) is 0 Å². The van der Waals surface area contributed by atoms with E-state index < -0.39 is 0 Å². The quantitative estimate of drug-likeness (QED) is 0.779. The molecule has 1 rings (SSSR count). The van der Waals surface area contributed by atoms with Gasteiger partial charge in [0.2, 0.25) is 0 Å². The van der Waals surface area contributed by atoms with Gasteiger partial charge in [-0.3, -0.25) is 4.79 Å². The zero-order valence-electron chi connectivity index (χ0n) is 10.1. The molecule has 88 valence electrons. The molecule has 0 N–H and O–H groups in total. The molecule has 0 heterocycles. The second kappa shape index (κ2) is 5.48. The molecule has 2 nitrogen and oxygen atoms in total. The molecule has 0 bridgehead atoms. The zero-order valence-corrected chi connectivity index (χ0v) is 11.7. The number of benzene rings is 1. The molecule has 0 fully saturated rings. The third kappa shape index (κ3) is 3.34. The van der Waals surface area contributed by atoms with Gasteiger partial charge in [0, 0.05) is 5.56 Å². The number of carbonyl (C=O) groups excluding carboxylic acids is 1. The third-order valence-corrected chi connectivity index (χ3v) is 3.21. The maximum Gasteiger partial charge on any atom is 0.159 e. The van der Waals surface area contributed by atoms with Crippen molar-refractivity contribution in [1.82, 2.24) is 0 Å². The van der Waals surface area contributed by atoms with E-state index in [1.165, 1.54) is 0 Å². The van der Waals surface area contributed by atoms with E-state index in [1.807, 2.05) is 13.0 Å². The van der Waals surface area contributed by atoms with E-state index in [-0.39, 0.29) is 11.9 Å². The molecular weight excluding hydrogens is 268 g/mol. The first-order valence-corrected chi connectivity index (χ1v) is 6.18.